The Bertz CT molecular complexity index is 362. The van der Waals surface area contributed by atoms with Crippen LogP contribution in [0.25, 0.3) is 0 Å². The van der Waals surface area contributed by atoms with Crippen molar-refractivity contribution in [1.82, 2.24) is 5.32 Å². The predicted molar refractivity (Wildman–Crippen MR) is 71.1 cm³/mol. The summed E-state index contributed by atoms with van der Waals surface area (Å²) in [6.07, 6.45) is 5.76. The molecule has 2 rings (SSSR count). The third-order valence-electron chi connectivity index (χ3n) is 3.61. The summed E-state index contributed by atoms with van der Waals surface area (Å²) in [5, 5.41) is 12.3. The zero-order valence-electron chi connectivity index (χ0n) is 10.7. The van der Waals surface area contributed by atoms with E-state index < -0.39 is 0 Å². The van der Waals surface area contributed by atoms with Crippen molar-refractivity contribution in [1.29, 1.82) is 0 Å². The van der Waals surface area contributed by atoms with Crippen molar-refractivity contribution >= 4 is 0 Å². The van der Waals surface area contributed by atoms with Gasteiger partial charge in [0.2, 0.25) is 0 Å². The molecule has 1 aliphatic carbocycles. The first kappa shape index (κ1) is 12.6. The van der Waals surface area contributed by atoms with Gasteiger partial charge < -0.3 is 10.4 Å². The lowest BCUT2D eigenvalue weighted by atomic mass is 10.1. The molecule has 0 radical (unpaired) electrons. The van der Waals surface area contributed by atoms with Crippen molar-refractivity contribution in [3.63, 3.8) is 0 Å². The first-order valence-corrected chi connectivity index (χ1v) is 6.74. The lowest BCUT2D eigenvalue weighted by molar-refractivity contribution is 0.276. The highest BCUT2D eigenvalue weighted by molar-refractivity contribution is 5.35. The second-order valence-corrected chi connectivity index (χ2v) is 5.10. The Morgan fingerprint density at radius 2 is 2.12 bits per heavy atom. The lowest BCUT2D eigenvalue weighted by Gasteiger charge is -2.13. The molecule has 1 unspecified atom stereocenters. The maximum absolute atomic E-state index is 8.78. The molecule has 0 saturated heterocycles. The van der Waals surface area contributed by atoms with E-state index in [2.05, 4.69) is 30.4 Å². The quantitative estimate of drug-likeness (QED) is 0.791. The number of hydrogen-bond donors (Lipinski definition) is 2. The first-order valence-electron chi connectivity index (χ1n) is 6.74. The Kier molecular flexibility index (Phi) is 4.57. The number of nitrogens with one attached hydrogen (secondary N) is 1. The molecule has 1 aromatic carbocycles. The molecule has 94 valence electrons. The monoisotopic (exact) mass is 233 g/mol. The second kappa shape index (κ2) is 6.18. The van der Waals surface area contributed by atoms with Crippen LogP contribution in [0.4, 0.5) is 0 Å². The molecular formula is C15H23NO. The summed E-state index contributed by atoms with van der Waals surface area (Å²) in [7, 11) is 0. The van der Waals surface area contributed by atoms with E-state index in [0.717, 1.165) is 19.4 Å². The van der Waals surface area contributed by atoms with Crippen molar-refractivity contribution in [2.75, 3.05) is 6.61 Å². The minimum atomic E-state index is 0.296. The van der Waals surface area contributed by atoms with Crippen molar-refractivity contribution in [2.45, 2.75) is 51.6 Å². The number of hydrogen-bond acceptors (Lipinski definition) is 2. The van der Waals surface area contributed by atoms with Gasteiger partial charge in [-0.25, -0.2) is 0 Å². The molecule has 0 spiro atoms. The van der Waals surface area contributed by atoms with Crippen LogP contribution in [0, 0.1) is 0 Å². The Balaban J connectivity index is 1.83. The van der Waals surface area contributed by atoms with Gasteiger partial charge in [0.05, 0.1) is 0 Å². The van der Waals surface area contributed by atoms with Crippen molar-refractivity contribution in [3.8, 4) is 0 Å². The standard InChI is InChI=1S/C15H23NO/c1-12(4-3-9-17)16-11-13-7-8-14-5-2-6-15(14)10-13/h7-8,10,12,16-17H,2-6,9,11H2,1H3. The molecule has 0 saturated carbocycles. The number of fused-ring (bicyclic) bond motifs is 1. The maximum atomic E-state index is 8.78. The summed E-state index contributed by atoms with van der Waals surface area (Å²) < 4.78 is 0. The van der Waals surface area contributed by atoms with Crippen LogP contribution >= 0.6 is 0 Å². The molecule has 1 aliphatic rings. The van der Waals surface area contributed by atoms with Gasteiger partial charge in [-0.1, -0.05) is 18.2 Å². The summed E-state index contributed by atoms with van der Waals surface area (Å²) >= 11 is 0. The highest BCUT2D eigenvalue weighted by Gasteiger charge is 2.10. The number of aliphatic hydroxyl groups is 1. The Morgan fingerprint density at radius 1 is 1.29 bits per heavy atom. The smallest absolute Gasteiger partial charge is 0.0431 e. The molecule has 2 nitrogen and oxygen atoms in total. The average Bonchev–Trinajstić information content (AvgIpc) is 2.81. The van der Waals surface area contributed by atoms with Crippen LogP contribution in [0.5, 0.6) is 0 Å². The highest BCUT2D eigenvalue weighted by atomic mass is 16.2. The van der Waals surface area contributed by atoms with Crippen LogP contribution in [0.2, 0.25) is 0 Å². The molecule has 0 fully saturated rings. The molecule has 0 aliphatic heterocycles. The van der Waals surface area contributed by atoms with Crippen LogP contribution < -0.4 is 5.32 Å². The fraction of sp³-hybridized carbons (Fsp3) is 0.600. The summed E-state index contributed by atoms with van der Waals surface area (Å²) in [6.45, 7) is 3.42. The van der Waals surface area contributed by atoms with E-state index in [1.54, 1.807) is 11.1 Å². The van der Waals surface area contributed by atoms with E-state index in [-0.39, 0.29) is 0 Å². The van der Waals surface area contributed by atoms with Gasteiger partial charge in [0.15, 0.2) is 0 Å². The van der Waals surface area contributed by atoms with Gasteiger partial charge in [0, 0.05) is 19.2 Å². The van der Waals surface area contributed by atoms with Gasteiger partial charge in [-0.15, -0.1) is 0 Å². The van der Waals surface area contributed by atoms with Gasteiger partial charge >= 0.3 is 0 Å². The second-order valence-electron chi connectivity index (χ2n) is 5.10. The number of benzene rings is 1. The largest absolute Gasteiger partial charge is 0.396 e. The molecule has 0 aromatic heterocycles. The molecule has 17 heavy (non-hydrogen) atoms. The highest BCUT2D eigenvalue weighted by Crippen LogP contribution is 2.22. The van der Waals surface area contributed by atoms with E-state index in [9.17, 15) is 0 Å². The summed E-state index contributed by atoms with van der Waals surface area (Å²) in [5.41, 5.74) is 4.48. The predicted octanol–water partition coefficient (Wildman–Crippen LogP) is 2.43. The molecule has 2 heteroatoms. The normalized spacial score (nSPS) is 15.9. The number of aryl methyl sites for hydroxylation is 2. The van der Waals surface area contributed by atoms with E-state index >= 15 is 0 Å². The zero-order valence-corrected chi connectivity index (χ0v) is 10.7. The summed E-state index contributed by atoms with van der Waals surface area (Å²) in [6, 6.07) is 7.37. The van der Waals surface area contributed by atoms with Crippen molar-refractivity contribution < 1.29 is 5.11 Å². The Labute approximate surface area is 104 Å². The van der Waals surface area contributed by atoms with E-state index in [1.807, 2.05) is 0 Å². The average molecular weight is 233 g/mol. The molecule has 0 bridgehead atoms. The van der Waals surface area contributed by atoms with Gasteiger partial charge in [0.1, 0.15) is 0 Å². The van der Waals surface area contributed by atoms with E-state index in [1.165, 1.54) is 24.8 Å². The minimum absolute atomic E-state index is 0.296. The molecular weight excluding hydrogens is 210 g/mol. The lowest BCUT2D eigenvalue weighted by Crippen LogP contribution is -2.25. The Hall–Kier alpha value is -0.860. The molecule has 2 N–H and O–H groups in total. The summed E-state index contributed by atoms with van der Waals surface area (Å²) in [5.74, 6) is 0. The fourth-order valence-corrected chi connectivity index (χ4v) is 2.53. The fourth-order valence-electron chi connectivity index (χ4n) is 2.53. The molecule has 0 heterocycles. The molecule has 1 aromatic rings. The van der Waals surface area contributed by atoms with Gasteiger partial charge in [-0.05, 0) is 55.7 Å². The van der Waals surface area contributed by atoms with Crippen LogP contribution in [0.15, 0.2) is 18.2 Å². The topological polar surface area (TPSA) is 32.3 Å². The third-order valence-corrected chi connectivity index (χ3v) is 3.61. The SMILES string of the molecule is CC(CCCO)NCc1ccc2c(c1)CCC2. The van der Waals surface area contributed by atoms with E-state index in [0.29, 0.717) is 12.6 Å². The minimum Gasteiger partial charge on any atom is -0.396 e. The van der Waals surface area contributed by atoms with Crippen LogP contribution in [-0.2, 0) is 19.4 Å². The van der Waals surface area contributed by atoms with Crippen LogP contribution in [0.3, 0.4) is 0 Å². The third kappa shape index (κ3) is 3.55. The van der Waals surface area contributed by atoms with E-state index in [4.69, 9.17) is 5.11 Å². The Morgan fingerprint density at radius 3 is 2.94 bits per heavy atom. The van der Waals surface area contributed by atoms with Crippen LogP contribution in [-0.4, -0.2) is 17.8 Å². The van der Waals surface area contributed by atoms with Gasteiger partial charge in [-0.3, -0.25) is 0 Å². The van der Waals surface area contributed by atoms with Gasteiger partial charge in [-0.2, -0.15) is 0 Å². The molecule has 1 atom stereocenters. The van der Waals surface area contributed by atoms with Crippen molar-refractivity contribution in [2.24, 2.45) is 0 Å². The van der Waals surface area contributed by atoms with Crippen molar-refractivity contribution in [3.05, 3.63) is 34.9 Å². The maximum Gasteiger partial charge on any atom is 0.0431 e. The van der Waals surface area contributed by atoms with Crippen LogP contribution in [0.1, 0.15) is 42.9 Å². The molecule has 0 amide bonds. The van der Waals surface area contributed by atoms with Gasteiger partial charge in [0.25, 0.3) is 0 Å². The number of rotatable bonds is 6. The first-order chi connectivity index (χ1) is 8.29. The zero-order chi connectivity index (χ0) is 12.1. The number of aliphatic hydroxyl groups excluding tert-OH is 1. The summed E-state index contributed by atoms with van der Waals surface area (Å²) in [4.78, 5) is 0.